The van der Waals surface area contributed by atoms with Gasteiger partial charge in [0.15, 0.2) is 0 Å². The van der Waals surface area contributed by atoms with Crippen molar-refractivity contribution in [2.24, 2.45) is 0 Å². The molecule has 2 aromatic carbocycles. The minimum Gasteiger partial charge on any atom is -0.445 e. The molecule has 2 aromatic rings. The van der Waals surface area contributed by atoms with Crippen molar-refractivity contribution >= 4 is 12.4 Å². The van der Waals surface area contributed by atoms with E-state index >= 15 is 0 Å². The van der Waals surface area contributed by atoms with Gasteiger partial charge < -0.3 is 12.9 Å². The summed E-state index contributed by atoms with van der Waals surface area (Å²) in [5.74, 6) is 0. The van der Waals surface area contributed by atoms with Gasteiger partial charge in [-0.2, -0.15) is 0 Å². The van der Waals surface area contributed by atoms with Crippen molar-refractivity contribution in [3.63, 3.8) is 0 Å². The molecular weight excluding hydrogens is 263 g/mol. The molecule has 0 unspecified atom stereocenters. The molecule has 0 aromatic heterocycles. The molecule has 1 aliphatic rings. The minimum absolute atomic E-state index is 0. The fraction of sp³-hybridized carbons (Fsp3) is 0.0769. The van der Waals surface area contributed by atoms with Crippen LogP contribution in [-0.2, 0) is 6.42 Å². The van der Waals surface area contributed by atoms with Crippen LogP contribution in [0.3, 0.4) is 0 Å². The Morgan fingerprint density at radius 1 is 0.833 bits per heavy atom. The van der Waals surface area contributed by atoms with Gasteiger partial charge in [-0.25, -0.2) is 0 Å². The molecule has 0 saturated heterocycles. The number of benzene rings is 2. The Morgan fingerprint density at radius 3 is 2.22 bits per heavy atom. The monoisotopic (exact) mass is 272 g/mol. The van der Waals surface area contributed by atoms with E-state index in [1.807, 2.05) is 24.3 Å². The van der Waals surface area contributed by atoms with Gasteiger partial charge in [-0.15, -0.1) is 5.46 Å². The Labute approximate surface area is 146 Å². The molecule has 0 amide bonds. The Balaban J connectivity index is 0.00000120. The van der Waals surface area contributed by atoms with Gasteiger partial charge in [0.2, 0.25) is 0 Å². The summed E-state index contributed by atoms with van der Waals surface area (Å²) in [6.07, 6.45) is 0.733. The van der Waals surface area contributed by atoms with Gasteiger partial charge in [0.25, 0.3) is 0 Å². The van der Waals surface area contributed by atoms with Crippen molar-refractivity contribution in [1.82, 2.24) is 0 Å². The van der Waals surface area contributed by atoms with Gasteiger partial charge >= 0.3 is 58.4 Å². The van der Waals surface area contributed by atoms with Crippen LogP contribution in [0.1, 0.15) is 11.1 Å². The van der Waals surface area contributed by atoms with E-state index in [1.54, 1.807) is 6.07 Å². The largest absolute Gasteiger partial charge is 1.00 e. The Kier molecular flexibility index (Phi) is 4.09. The first kappa shape index (κ1) is 14.3. The van der Waals surface area contributed by atoms with Crippen LogP contribution < -0.4 is 56.8 Å². The maximum atomic E-state index is 12.7. The van der Waals surface area contributed by atoms with E-state index in [9.17, 15) is 12.9 Å². The molecule has 0 fully saturated rings. The van der Waals surface area contributed by atoms with E-state index in [4.69, 9.17) is 0 Å². The molecular formula is C13H9BF3K. The van der Waals surface area contributed by atoms with Gasteiger partial charge in [0.05, 0.1) is 0 Å². The maximum absolute atomic E-state index is 12.7. The number of hydrogen-bond donors (Lipinski definition) is 0. The van der Waals surface area contributed by atoms with Crippen molar-refractivity contribution in [3.8, 4) is 11.1 Å². The summed E-state index contributed by atoms with van der Waals surface area (Å²) in [6.45, 7) is -4.91. The smallest absolute Gasteiger partial charge is 0.445 e. The average Bonchev–Trinajstić information content (AvgIpc) is 2.65. The fourth-order valence-electron chi connectivity index (χ4n) is 2.34. The average molecular weight is 272 g/mol. The Morgan fingerprint density at radius 2 is 1.50 bits per heavy atom. The summed E-state index contributed by atoms with van der Waals surface area (Å²) in [4.78, 5) is 0. The zero-order chi connectivity index (χ0) is 12.0. The molecule has 0 nitrogen and oxygen atoms in total. The molecule has 0 aliphatic heterocycles. The molecule has 0 heterocycles. The predicted molar refractivity (Wildman–Crippen MR) is 63.4 cm³/mol. The van der Waals surface area contributed by atoms with Gasteiger partial charge in [-0.05, 0) is 28.7 Å². The van der Waals surface area contributed by atoms with E-state index in [2.05, 4.69) is 0 Å². The number of hydrogen-bond acceptors (Lipinski definition) is 0. The van der Waals surface area contributed by atoms with E-state index in [-0.39, 0.29) is 51.4 Å². The number of rotatable bonds is 1. The van der Waals surface area contributed by atoms with Gasteiger partial charge in [0.1, 0.15) is 0 Å². The van der Waals surface area contributed by atoms with E-state index < -0.39 is 12.4 Å². The maximum Gasteiger partial charge on any atom is 1.00 e. The molecule has 0 bridgehead atoms. The molecule has 0 saturated carbocycles. The molecule has 18 heavy (non-hydrogen) atoms. The van der Waals surface area contributed by atoms with Crippen LogP contribution in [0.15, 0.2) is 42.5 Å². The van der Waals surface area contributed by atoms with Crippen molar-refractivity contribution in [2.45, 2.75) is 6.42 Å². The third-order valence-electron chi connectivity index (χ3n) is 3.20. The van der Waals surface area contributed by atoms with E-state index in [0.717, 1.165) is 28.7 Å². The zero-order valence-electron chi connectivity index (χ0n) is 9.96. The van der Waals surface area contributed by atoms with Crippen molar-refractivity contribution in [2.75, 3.05) is 0 Å². The number of halogens is 3. The SMILES string of the molecule is F[B-](F)(F)c1ccc2c(c1)-c1ccccc1C2.[K+]. The first-order valence-corrected chi connectivity index (χ1v) is 5.47. The molecule has 0 atom stereocenters. The minimum atomic E-state index is -4.91. The summed E-state index contributed by atoms with van der Waals surface area (Å²) in [6, 6.07) is 11.7. The summed E-state index contributed by atoms with van der Waals surface area (Å²) in [5, 5.41) is 0. The topological polar surface area (TPSA) is 0 Å². The van der Waals surface area contributed by atoms with Gasteiger partial charge in [-0.1, -0.05) is 42.5 Å². The summed E-state index contributed by atoms with van der Waals surface area (Å²) >= 11 is 0. The zero-order valence-corrected chi connectivity index (χ0v) is 13.1. The van der Waals surface area contributed by atoms with Crippen LogP contribution in [-0.4, -0.2) is 6.98 Å². The predicted octanol–water partition coefficient (Wildman–Crippen LogP) is 0.316. The second kappa shape index (κ2) is 5.13. The summed E-state index contributed by atoms with van der Waals surface area (Å²) in [5.41, 5.74) is 3.24. The molecule has 1 aliphatic carbocycles. The van der Waals surface area contributed by atoms with Crippen molar-refractivity contribution in [1.29, 1.82) is 0 Å². The molecule has 5 heteroatoms. The quantitative estimate of drug-likeness (QED) is 0.560. The van der Waals surface area contributed by atoms with Crippen molar-refractivity contribution < 1.29 is 64.3 Å². The van der Waals surface area contributed by atoms with Crippen molar-refractivity contribution in [3.05, 3.63) is 53.6 Å². The van der Waals surface area contributed by atoms with Gasteiger partial charge in [0, 0.05) is 0 Å². The van der Waals surface area contributed by atoms with Crippen LogP contribution in [0.4, 0.5) is 12.9 Å². The third-order valence-corrected chi connectivity index (χ3v) is 3.20. The van der Waals surface area contributed by atoms with E-state index in [0.29, 0.717) is 0 Å². The first-order chi connectivity index (χ1) is 8.05. The standard InChI is InChI=1S/C13H9BF3.K/c15-14(16,17)11-6-5-10-7-9-3-1-2-4-12(9)13(10)8-11;/h1-6,8H,7H2;/q-1;+1. The van der Waals surface area contributed by atoms with Crippen LogP contribution in [0.5, 0.6) is 0 Å². The van der Waals surface area contributed by atoms with Crippen LogP contribution in [0.25, 0.3) is 11.1 Å². The molecule has 0 spiro atoms. The van der Waals surface area contributed by atoms with Crippen LogP contribution in [0, 0.1) is 0 Å². The Hall–Kier alpha value is -0.0687. The van der Waals surface area contributed by atoms with Crippen LogP contribution >= 0.6 is 0 Å². The molecule has 3 rings (SSSR count). The second-order valence-corrected chi connectivity index (χ2v) is 4.33. The van der Waals surface area contributed by atoms with Gasteiger partial charge in [-0.3, -0.25) is 0 Å². The normalized spacial score (nSPS) is 12.6. The molecule has 86 valence electrons. The van der Waals surface area contributed by atoms with Crippen LogP contribution in [0.2, 0.25) is 0 Å². The first-order valence-electron chi connectivity index (χ1n) is 5.47. The Bertz CT molecular complexity index is 593. The third kappa shape index (κ3) is 2.47. The second-order valence-electron chi connectivity index (χ2n) is 4.33. The molecule has 0 radical (unpaired) electrons. The summed E-state index contributed by atoms with van der Waals surface area (Å²) in [7, 11) is 0. The number of fused-ring (bicyclic) bond motifs is 3. The summed E-state index contributed by atoms with van der Waals surface area (Å²) < 4.78 is 38.1. The fourth-order valence-corrected chi connectivity index (χ4v) is 2.34. The molecule has 0 N–H and O–H groups in total. The van der Waals surface area contributed by atoms with E-state index in [1.165, 1.54) is 12.1 Å².